The van der Waals surface area contributed by atoms with Crippen LogP contribution in [-0.4, -0.2) is 66.2 Å². The van der Waals surface area contributed by atoms with Gasteiger partial charge in [0.05, 0.1) is 30.1 Å². The van der Waals surface area contributed by atoms with Crippen LogP contribution < -0.4 is 15.8 Å². The fourth-order valence-electron chi connectivity index (χ4n) is 3.77. The number of aromatic nitrogens is 3. The first-order chi connectivity index (χ1) is 15.6. The first kappa shape index (κ1) is 23.3. The van der Waals surface area contributed by atoms with Crippen molar-refractivity contribution in [3.63, 3.8) is 0 Å². The molecule has 170 valence electrons. The van der Waals surface area contributed by atoms with Gasteiger partial charge in [-0.15, -0.1) is 0 Å². The van der Waals surface area contributed by atoms with E-state index in [9.17, 15) is 14.0 Å². The van der Waals surface area contributed by atoms with Crippen LogP contribution in [0, 0.1) is 0 Å². The van der Waals surface area contributed by atoms with Crippen LogP contribution in [0.25, 0.3) is 11.0 Å². The second kappa shape index (κ2) is 10.8. The number of aryl methyl sites for hydroxylation is 1. The highest BCUT2D eigenvalue weighted by Crippen LogP contribution is 2.18. The van der Waals surface area contributed by atoms with Gasteiger partial charge in [0.2, 0.25) is 0 Å². The molecule has 1 fully saturated rings. The Hall–Kier alpha value is -3.33. The zero-order valence-corrected chi connectivity index (χ0v) is 18.7. The van der Waals surface area contributed by atoms with Crippen molar-refractivity contribution in [3.05, 3.63) is 63.8 Å². The SMILES string of the molecule is CCc1cc2ncc(CN3CCN(c4ccc(C(=O)NC)nc4)CC3)cc2[nH]c1=O.CF. The maximum atomic E-state index is 12.1. The molecule has 0 spiro atoms. The topological polar surface area (TPSA) is 94.2 Å². The number of alkyl halides is 1. The molecule has 0 bridgehead atoms. The zero-order valence-electron chi connectivity index (χ0n) is 18.7. The molecule has 3 aromatic heterocycles. The van der Waals surface area contributed by atoms with E-state index >= 15 is 0 Å². The van der Waals surface area contributed by atoms with E-state index in [4.69, 9.17) is 0 Å². The molecule has 0 saturated carbocycles. The van der Waals surface area contributed by atoms with Gasteiger partial charge in [-0.05, 0) is 36.2 Å². The molecule has 2 N–H and O–H groups in total. The number of carbonyl (C=O) groups is 1. The maximum absolute atomic E-state index is 12.1. The third kappa shape index (κ3) is 5.28. The largest absolute Gasteiger partial charge is 0.368 e. The van der Waals surface area contributed by atoms with E-state index in [0.29, 0.717) is 19.3 Å². The number of amides is 1. The second-order valence-electron chi connectivity index (χ2n) is 7.50. The number of pyridine rings is 3. The third-order valence-electron chi connectivity index (χ3n) is 5.56. The molecule has 1 aliphatic rings. The van der Waals surface area contributed by atoms with Crippen molar-refractivity contribution in [1.82, 2.24) is 25.2 Å². The molecule has 1 aliphatic heterocycles. The Bertz CT molecular complexity index is 1110. The molecule has 0 aliphatic carbocycles. The monoisotopic (exact) mass is 440 g/mol. The Morgan fingerprint density at radius 1 is 1.12 bits per heavy atom. The summed E-state index contributed by atoms with van der Waals surface area (Å²) in [5, 5.41) is 2.58. The van der Waals surface area contributed by atoms with Crippen LogP contribution in [0.4, 0.5) is 10.1 Å². The van der Waals surface area contributed by atoms with E-state index in [1.54, 1.807) is 19.3 Å². The summed E-state index contributed by atoms with van der Waals surface area (Å²) in [4.78, 5) is 40.1. The average Bonchev–Trinajstić information content (AvgIpc) is 2.85. The Kier molecular flexibility index (Phi) is 7.88. The molecule has 0 aromatic carbocycles. The van der Waals surface area contributed by atoms with E-state index in [2.05, 4.69) is 30.1 Å². The molecular weight excluding hydrogens is 411 g/mol. The van der Waals surface area contributed by atoms with Crippen molar-refractivity contribution in [3.8, 4) is 0 Å². The van der Waals surface area contributed by atoms with Crippen LogP contribution in [-0.2, 0) is 13.0 Å². The van der Waals surface area contributed by atoms with Gasteiger partial charge in [0, 0.05) is 51.5 Å². The van der Waals surface area contributed by atoms with Gasteiger partial charge in [-0.2, -0.15) is 0 Å². The van der Waals surface area contributed by atoms with Gasteiger partial charge in [-0.3, -0.25) is 23.9 Å². The Labute approximate surface area is 186 Å². The van der Waals surface area contributed by atoms with Gasteiger partial charge in [0.1, 0.15) is 5.69 Å². The average molecular weight is 441 g/mol. The smallest absolute Gasteiger partial charge is 0.269 e. The number of halogens is 1. The molecule has 0 radical (unpaired) electrons. The lowest BCUT2D eigenvalue weighted by Crippen LogP contribution is -2.46. The third-order valence-corrected chi connectivity index (χ3v) is 5.56. The summed E-state index contributed by atoms with van der Waals surface area (Å²) < 4.78 is 9.50. The van der Waals surface area contributed by atoms with E-state index in [0.717, 1.165) is 60.6 Å². The van der Waals surface area contributed by atoms with Crippen LogP contribution >= 0.6 is 0 Å². The number of carbonyl (C=O) groups excluding carboxylic acids is 1. The minimum Gasteiger partial charge on any atom is -0.368 e. The van der Waals surface area contributed by atoms with Crippen molar-refractivity contribution in [2.24, 2.45) is 0 Å². The zero-order chi connectivity index (χ0) is 23.1. The number of piperazine rings is 1. The molecular formula is C23H29FN6O2. The molecule has 1 saturated heterocycles. The number of nitrogens with zero attached hydrogens (tertiary/aromatic N) is 4. The molecule has 0 unspecified atom stereocenters. The van der Waals surface area contributed by atoms with Crippen LogP contribution in [0.1, 0.15) is 28.5 Å². The van der Waals surface area contributed by atoms with Gasteiger partial charge < -0.3 is 15.2 Å². The van der Waals surface area contributed by atoms with Crippen molar-refractivity contribution in [1.29, 1.82) is 0 Å². The first-order valence-corrected chi connectivity index (χ1v) is 10.6. The maximum Gasteiger partial charge on any atom is 0.269 e. The molecule has 4 heterocycles. The highest BCUT2D eigenvalue weighted by Gasteiger charge is 2.18. The van der Waals surface area contributed by atoms with Crippen LogP contribution in [0.3, 0.4) is 0 Å². The number of anilines is 1. The summed E-state index contributed by atoms with van der Waals surface area (Å²) >= 11 is 0. The van der Waals surface area contributed by atoms with Crippen molar-refractivity contribution >= 4 is 22.6 Å². The molecule has 3 aromatic rings. The highest BCUT2D eigenvalue weighted by atomic mass is 19.1. The van der Waals surface area contributed by atoms with Crippen molar-refractivity contribution in [2.75, 3.05) is 45.3 Å². The standard InChI is InChI=1S/C22H26N6O2.CH3F/c1-3-16-11-19-20(26-21(16)29)10-15(12-24-19)14-27-6-8-28(9-7-27)17-4-5-18(25-13-17)22(30)23-2;1-2/h4-5,10-13H,3,6-9,14H2,1-2H3,(H,23,30)(H,26,29);1H3. The Balaban J connectivity index is 0.00000141. The minimum atomic E-state index is -0.178. The summed E-state index contributed by atoms with van der Waals surface area (Å²) in [6.07, 6.45) is 4.35. The molecule has 4 rings (SSSR count). The van der Waals surface area contributed by atoms with Gasteiger partial charge in [0.15, 0.2) is 0 Å². The normalized spacial score (nSPS) is 14.1. The summed E-state index contributed by atoms with van der Waals surface area (Å²) in [5.74, 6) is -0.178. The van der Waals surface area contributed by atoms with E-state index in [1.165, 1.54) is 0 Å². The van der Waals surface area contributed by atoms with Crippen molar-refractivity contribution < 1.29 is 9.18 Å². The number of hydrogen-bond donors (Lipinski definition) is 2. The first-order valence-electron chi connectivity index (χ1n) is 10.6. The molecule has 0 atom stereocenters. The Morgan fingerprint density at radius 3 is 2.50 bits per heavy atom. The number of hydrogen-bond acceptors (Lipinski definition) is 6. The van der Waals surface area contributed by atoms with Gasteiger partial charge in [0.25, 0.3) is 11.5 Å². The lowest BCUT2D eigenvalue weighted by Gasteiger charge is -2.36. The molecule has 9 heteroatoms. The Morgan fingerprint density at radius 2 is 1.88 bits per heavy atom. The number of nitrogens with one attached hydrogen (secondary N) is 2. The second-order valence-corrected chi connectivity index (χ2v) is 7.50. The molecule has 8 nitrogen and oxygen atoms in total. The van der Waals surface area contributed by atoms with Crippen molar-refractivity contribution in [2.45, 2.75) is 19.9 Å². The summed E-state index contributed by atoms with van der Waals surface area (Å²) in [6, 6.07) is 7.60. The number of rotatable bonds is 5. The molecule has 32 heavy (non-hydrogen) atoms. The van der Waals surface area contributed by atoms with Gasteiger partial charge in [-0.25, -0.2) is 4.98 Å². The van der Waals surface area contributed by atoms with Crippen LogP contribution in [0.15, 0.2) is 41.5 Å². The minimum absolute atomic E-state index is 0.0337. The van der Waals surface area contributed by atoms with Gasteiger partial charge >= 0.3 is 0 Å². The summed E-state index contributed by atoms with van der Waals surface area (Å²) in [7, 11) is 2.10. The predicted octanol–water partition coefficient (Wildman–Crippen LogP) is 2.15. The lowest BCUT2D eigenvalue weighted by molar-refractivity contribution is 0.0958. The van der Waals surface area contributed by atoms with E-state index < -0.39 is 0 Å². The predicted molar refractivity (Wildman–Crippen MR) is 124 cm³/mol. The molecule has 1 amide bonds. The van der Waals surface area contributed by atoms with E-state index in [-0.39, 0.29) is 11.5 Å². The summed E-state index contributed by atoms with van der Waals surface area (Å²) in [6.45, 7) is 6.37. The number of aromatic amines is 1. The van der Waals surface area contributed by atoms with Crippen LogP contribution in [0.2, 0.25) is 0 Å². The summed E-state index contributed by atoms with van der Waals surface area (Å²) in [5.41, 5.74) is 4.88. The lowest BCUT2D eigenvalue weighted by atomic mass is 10.1. The van der Waals surface area contributed by atoms with E-state index in [1.807, 2.05) is 31.3 Å². The fraction of sp³-hybridized carbons (Fsp3) is 0.391. The highest BCUT2D eigenvalue weighted by molar-refractivity contribution is 5.92. The number of H-pyrrole nitrogens is 1. The van der Waals surface area contributed by atoms with Crippen LogP contribution in [0.5, 0.6) is 0 Å². The fourth-order valence-corrected chi connectivity index (χ4v) is 3.77. The number of fused-ring (bicyclic) bond motifs is 1. The van der Waals surface area contributed by atoms with Gasteiger partial charge in [-0.1, -0.05) is 6.92 Å². The quantitative estimate of drug-likeness (QED) is 0.631.